The van der Waals surface area contributed by atoms with Crippen LogP contribution in [0, 0.1) is 0 Å². The second-order valence-electron chi connectivity index (χ2n) is 4.88. The van der Waals surface area contributed by atoms with E-state index in [1.807, 2.05) is 6.20 Å². The summed E-state index contributed by atoms with van der Waals surface area (Å²) in [5.74, 6) is -0.299. The lowest BCUT2D eigenvalue weighted by molar-refractivity contribution is -0.114. The van der Waals surface area contributed by atoms with Crippen LogP contribution in [0.5, 0.6) is 0 Å². The Labute approximate surface area is 101 Å². The number of rotatable bonds is 1. The second kappa shape index (κ2) is 4.04. The summed E-state index contributed by atoms with van der Waals surface area (Å²) in [6.07, 6.45) is 10.3. The van der Waals surface area contributed by atoms with Crippen LogP contribution in [0.15, 0.2) is 35.7 Å². The molecule has 2 atom stereocenters. The van der Waals surface area contributed by atoms with Gasteiger partial charge in [-0.15, -0.1) is 0 Å². The highest BCUT2D eigenvalue weighted by Gasteiger charge is 2.31. The molecule has 1 fully saturated rings. The molecule has 4 heteroatoms. The third-order valence-electron chi connectivity index (χ3n) is 3.69. The van der Waals surface area contributed by atoms with E-state index in [0.717, 1.165) is 31.6 Å². The number of nitrogens with two attached hydrogens (primary N) is 1. The van der Waals surface area contributed by atoms with Crippen molar-refractivity contribution in [2.75, 3.05) is 19.6 Å². The maximum absolute atomic E-state index is 11.2. The van der Waals surface area contributed by atoms with E-state index in [2.05, 4.69) is 28.0 Å². The van der Waals surface area contributed by atoms with Crippen molar-refractivity contribution in [1.82, 2.24) is 9.80 Å². The minimum absolute atomic E-state index is 0.299. The molecule has 3 heterocycles. The quantitative estimate of drug-likeness (QED) is 0.672. The molecule has 0 aromatic heterocycles. The number of allylic oxidation sites excluding steroid dienone is 1. The van der Waals surface area contributed by atoms with Gasteiger partial charge in [-0.05, 0) is 12.8 Å². The molecule has 0 aromatic carbocycles. The van der Waals surface area contributed by atoms with Crippen molar-refractivity contribution in [3.8, 4) is 0 Å². The van der Waals surface area contributed by atoms with Gasteiger partial charge in [0, 0.05) is 43.1 Å². The summed E-state index contributed by atoms with van der Waals surface area (Å²) < 4.78 is 0. The van der Waals surface area contributed by atoms with Gasteiger partial charge in [-0.1, -0.05) is 18.2 Å². The fraction of sp³-hybridized carbons (Fsp3) is 0.462. The fourth-order valence-corrected chi connectivity index (χ4v) is 2.77. The number of hydrogen-bond donors (Lipinski definition) is 1. The van der Waals surface area contributed by atoms with Crippen molar-refractivity contribution in [3.63, 3.8) is 0 Å². The maximum atomic E-state index is 11.2. The van der Waals surface area contributed by atoms with Crippen LogP contribution in [-0.2, 0) is 4.79 Å². The maximum Gasteiger partial charge on any atom is 0.246 e. The molecule has 3 aliphatic heterocycles. The number of amides is 1. The average molecular weight is 231 g/mol. The molecule has 2 N–H and O–H groups in total. The standard InChI is InChI=1S/C13H17N3O/c14-13(17)10-4-5-12-9-15-6-2-1-3-11(8-15)16(12)7-10/h1-2,5,7,11H,3-4,6,8-9H2,(H2,14,17). The number of carbonyl (C=O) groups excluding carboxylic acids is 1. The zero-order chi connectivity index (χ0) is 11.8. The van der Waals surface area contributed by atoms with Crippen LogP contribution < -0.4 is 5.73 Å². The van der Waals surface area contributed by atoms with Crippen molar-refractivity contribution in [1.29, 1.82) is 0 Å². The van der Waals surface area contributed by atoms with Gasteiger partial charge in [-0.25, -0.2) is 0 Å². The zero-order valence-electron chi connectivity index (χ0n) is 9.80. The molecule has 4 nitrogen and oxygen atoms in total. The van der Waals surface area contributed by atoms with E-state index in [9.17, 15) is 4.79 Å². The molecule has 3 aliphatic rings. The van der Waals surface area contributed by atoms with Gasteiger partial charge in [-0.2, -0.15) is 0 Å². The molecular weight excluding hydrogens is 214 g/mol. The first-order chi connectivity index (χ1) is 8.24. The molecule has 2 unspecified atom stereocenters. The van der Waals surface area contributed by atoms with Crippen LogP contribution in [-0.4, -0.2) is 41.4 Å². The van der Waals surface area contributed by atoms with E-state index >= 15 is 0 Å². The van der Waals surface area contributed by atoms with Crippen LogP contribution in [0.1, 0.15) is 12.8 Å². The van der Waals surface area contributed by atoms with Crippen molar-refractivity contribution in [3.05, 3.63) is 35.7 Å². The molecule has 0 spiro atoms. The smallest absolute Gasteiger partial charge is 0.246 e. The summed E-state index contributed by atoms with van der Waals surface area (Å²) >= 11 is 0. The highest BCUT2D eigenvalue weighted by atomic mass is 16.1. The van der Waals surface area contributed by atoms with Crippen LogP contribution in [0.25, 0.3) is 0 Å². The van der Waals surface area contributed by atoms with E-state index < -0.39 is 0 Å². The molecule has 0 saturated carbocycles. The first kappa shape index (κ1) is 10.6. The summed E-state index contributed by atoms with van der Waals surface area (Å²) in [6, 6.07) is 0.448. The van der Waals surface area contributed by atoms with Gasteiger partial charge >= 0.3 is 0 Å². The van der Waals surface area contributed by atoms with Gasteiger partial charge in [0.2, 0.25) is 5.91 Å². The summed E-state index contributed by atoms with van der Waals surface area (Å²) in [4.78, 5) is 15.9. The van der Waals surface area contributed by atoms with E-state index in [4.69, 9.17) is 5.73 Å². The summed E-state index contributed by atoms with van der Waals surface area (Å²) in [7, 11) is 0. The largest absolute Gasteiger partial charge is 0.366 e. The highest BCUT2D eigenvalue weighted by Crippen LogP contribution is 2.28. The highest BCUT2D eigenvalue weighted by molar-refractivity contribution is 5.92. The Morgan fingerprint density at radius 1 is 1.41 bits per heavy atom. The Balaban J connectivity index is 1.90. The third kappa shape index (κ3) is 1.89. The molecule has 17 heavy (non-hydrogen) atoms. The van der Waals surface area contributed by atoms with Crippen LogP contribution >= 0.6 is 0 Å². The Kier molecular flexibility index (Phi) is 2.52. The van der Waals surface area contributed by atoms with Gasteiger partial charge in [0.1, 0.15) is 0 Å². The molecular formula is C13H17N3O. The topological polar surface area (TPSA) is 49.6 Å². The Morgan fingerprint density at radius 2 is 2.29 bits per heavy atom. The number of nitrogens with zero attached hydrogens (tertiary/aromatic N) is 2. The number of piperazine rings is 1. The molecule has 2 bridgehead atoms. The lowest BCUT2D eigenvalue weighted by Crippen LogP contribution is -2.49. The first-order valence-corrected chi connectivity index (χ1v) is 6.09. The SMILES string of the molecule is NC(=O)C1=CN2C(=CC1)CN1CC=CCC2C1. The average Bonchev–Trinajstić information content (AvgIpc) is 2.51. The molecule has 90 valence electrons. The van der Waals surface area contributed by atoms with Crippen molar-refractivity contribution in [2.24, 2.45) is 5.73 Å². The van der Waals surface area contributed by atoms with Crippen LogP contribution in [0.4, 0.5) is 0 Å². The van der Waals surface area contributed by atoms with Gasteiger partial charge in [0.15, 0.2) is 0 Å². The summed E-state index contributed by atoms with van der Waals surface area (Å²) in [6.45, 7) is 3.07. The van der Waals surface area contributed by atoms with E-state index in [1.54, 1.807) is 0 Å². The number of primary amides is 1. The van der Waals surface area contributed by atoms with E-state index in [-0.39, 0.29) is 5.91 Å². The summed E-state index contributed by atoms with van der Waals surface area (Å²) in [5.41, 5.74) is 7.39. The van der Waals surface area contributed by atoms with E-state index in [1.165, 1.54) is 5.70 Å². The van der Waals surface area contributed by atoms with Gasteiger partial charge in [0.25, 0.3) is 0 Å². The fourth-order valence-electron chi connectivity index (χ4n) is 2.77. The van der Waals surface area contributed by atoms with Crippen LogP contribution in [0.3, 0.4) is 0 Å². The molecule has 3 rings (SSSR count). The first-order valence-electron chi connectivity index (χ1n) is 6.09. The normalized spacial score (nSPS) is 31.2. The third-order valence-corrected chi connectivity index (χ3v) is 3.69. The Morgan fingerprint density at radius 3 is 3.12 bits per heavy atom. The van der Waals surface area contributed by atoms with Crippen LogP contribution in [0.2, 0.25) is 0 Å². The Bertz CT molecular complexity index is 436. The zero-order valence-corrected chi connectivity index (χ0v) is 9.80. The predicted octanol–water partition coefficient (Wildman–Crippen LogP) is 0.589. The summed E-state index contributed by atoms with van der Waals surface area (Å²) in [5, 5.41) is 0. The molecule has 0 radical (unpaired) electrons. The minimum atomic E-state index is -0.299. The molecule has 1 saturated heterocycles. The number of carbonyl (C=O) groups is 1. The van der Waals surface area contributed by atoms with Crippen molar-refractivity contribution in [2.45, 2.75) is 18.9 Å². The molecule has 0 aliphatic carbocycles. The molecule has 0 aromatic rings. The lowest BCUT2D eigenvalue weighted by Gasteiger charge is -2.43. The van der Waals surface area contributed by atoms with Gasteiger partial charge < -0.3 is 10.6 Å². The lowest BCUT2D eigenvalue weighted by atomic mass is 10.0. The van der Waals surface area contributed by atoms with E-state index in [0.29, 0.717) is 12.5 Å². The second-order valence-corrected chi connectivity index (χ2v) is 4.88. The number of hydrogen-bond acceptors (Lipinski definition) is 3. The predicted molar refractivity (Wildman–Crippen MR) is 65.8 cm³/mol. The van der Waals surface area contributed by atoms with Crippen molar-refractivity contribution < 1.29 is 4.79 Å². The Hall–Kier alpha value is -1.55. The minimum Gasteiger partial charge on any atom is -0.366 e. The molecule has 1 amide bonds. The van der Waals surface area contributed by atoms with Gasteiger partial charge in [0.05, 0.1) is 0 Å². The monoisotopic (exact) mass is 231 g/mol. The number of fused-ring (bicyclic) bond motifs is 4. The van der Waals surface area contributed by atoms with Crippen molar-refractivity contribution >= 4 is 5.91 Å². The van der Waals surface area contributed by atoms with Gasteiger partial charge in [-0.3, -0.25) is 9.69 Å².